The van der Waals surface area contributed by atoms with Gasteiger partial charge in [0.05, 0.1) is 24.1 Å². The second-order valence-electron chi connectivity index (χ2n) is 8.24. The average Bonchev–Trinajstić information content (AvgIpc) is 2.92. The molecule has 4 rings (SSSR count). The van der Waals surface area contributed by atoms with Crippen molar-refractivity contribution in [2.45, 2.75) is 24.5 Å². The molecule has 0 saturated heterocycles. The molecule has 0 fully saturated rings. The first-order valence-electron chi connectivity index (χ1n) is 12.0. The van der Waals surface area contributed by atoms with Crippen molar-refractivity contribution >= 4 is 30.5 Å². The largest absolute Gasteiger partial charge is 0.491 e. The van der Waals surface area contributed by atoms with Crippen molar-refractivity contribution in [2.24, 2.45) is 0 Å². The van der Waals surface area contributed by atoms with E-state index in [0.29, 0.717) is 0 Å². The Hall–Kier alpha value is -2.89. The summed E-state index contributed by atoms with van der Waals surface area (Å²) in [6, 6.07) is 35.2. The van der Waals surface area contributed by atoms with Gasteiger partial charge in [-0.2, -0.15) is 0 Å². The molecule has 0 spiro atoms. The van der Waals surface area contributed by atoms with Gasteiger partial charge in [-0.25, -0.2) is 0 Å². The minimum atomic E-state index is -10.7. The summed E-state index contributed by atoms with van der Waals surface area (Å²) in [5, 5.41) is 18.0. The van der Waals surface area contributed by atoms with Gasteiger partial charge in [0.15, 0.2) is 14.7 Å². The number of benzene rings is 4. The Labute approximate surface area is 240 Å². The van der Waals surface area contributed by atoms with E-state index in [1.54, 1.807) is 11.8 Å². The number of aliphatic hydroxyl groups excluding tert-OH is 2. The molecule has 0 aliphatic rings. The van der Waals surface area contributed by atoms with Gasteiger partial charge in [-0.15, -0.1) is 0 Å². The second kappa shape index (κ2) is 13.4. The minimum absolute atomic E-state index is 0.00975. The number of hydrogen-bond acceptors (Lipinski definition) is 5. The molecule has 0 aliphatic carbocycles. The van der Waals surface area contributed by atoms with E-state index in [2.05, 4.69) is 72.8 Å². The molecule has 2 N–H and O–H groups in total. The standard InChI is InChI=1S/C28H27O4S2.F6P/c29-18-20-31-22-6-12-26(13-7-22)34(27-14-8-23(9-15-27)32-21-19-30)28-16-10-25(11-17-28)33-24-4-2-1-3-5-24;1-7(2,3,4,5)6/h1-17,29-30H,18-21H2;/q+1;-1. The summed E-state index contributed by atoms with van der Waals surface area (Å²) < 4.78 is 70.3. The molecular formula is C28H27F6O4PS2. The third-order valence-corrected chi connectivity index (χ3v) is 8.12. The Morgan fingerprint density at radius 1 is 0.537 bits per heavy atom. The zero-order valence-electron chi connectivity index (χ0n) is 21.4. The van der Waals surface area contributed by atoms with Gasteiger partial charge in [0.1, 0.15) is 24.7 Å². The summed E-state index contributed by atoms with van der Waals surface area (Å²) in [4.78, 5) is 5.96. The van der Waals surface area contributed by atoms with Crippen LogP contribution >= 0.6 is 19.6 Å². The molecule has 0 amide bonds. The van der Waals surface area contributed by atoms with E-state index in [9.17, 15) is 25.2 Å². The Morgan fingerprint density at radius 3 is 1.24 bits per heavy atom. The van der Waals surface area contributed by atoms with Crippen LogP contribution in [0.1, 0.15) is 0 Å². The Bertz CT molecular complexity index is 1300. The molecule has 0 atom stereocenters. The molecule has 0 unspecified atom stereocenters. The van der Waals surface area contributed by atoms with Gasteiger partial charge in [0.2, 0.25) is 0 Å². The molecule has 4 nitrogen and oxygen atoms in total. The topological polar surface area (TPSA) is 58.9 Å². The summed E-state index contributed by atoms with van der Waals surface area (Å²) >= 11 is 1.75. The third-order valence-electron chi connectivity index (χ3n) is 4.88. The molecule has 0 heterocycles. The average molecular weight is 637 g/mol. The smallest absolute Gasteiger partial charge is 0.166 e. The molecule has 4 aromatic carbocycles. The molecule has 0 aromatic heterocycles. The quantitative estimate of drug-likeness (QED) is 0.0978. The van der Waals surface area contributed by atoms with E-state index in [1.165, 1.54) is 24.5 Å². The number of halogens is 6. The first kappa shape index (κ1) is 32.6. The number of hydrogen-bond donors (Lipinski definition) is 2. The molecular weight excluding hydrogens is 609 g/mol. The zero-order chi connectivity index (χ0) is 30.0. The van der Waals surface area contributed by atoms with Crippen LogP contribution in [0.5, 0.6) is 11.5 Å². The molecule has 0 aliphatic heterocycles. The second-order valence-corrected chi connectivity index (χ2v) is 13.3. The van der Waals surface area contributed by atoms with Crippen LogP contribution in [-0.4, -0.2) is 36.6 Å². The van der Waals surface area contributed by atoms with Gasteiger partial charge in [0.25, 0.3) is 0 Å². The van der Waals surface area contributed by atoms with Crippen LogP contribution in [0.3, 0.4) is 0 Å². The zero-order valence-corrected chi connectivity index (χ0v) is 23.9. The summed E-state index contributed by atoms with van der Waals surface area (Å²) in [7, 11) is -11.0. The first-order valence-corrected chi connectivity index (χ1v) is 16.1. The van der Waals surface area contributed by atoms with Crippen LogP contribution in [0.2, 0.25) is 0 Å². The fraction of sp³-hybridized carbons (Fsp3) is 0.143. The molecule has 4 aromatic rings. The maximum Gasteiger partial charge on any atom is 0.166 e. The van der Waals surface area contributed by atoms with Crippen LogP contribution in [0.25, 0.3) is 0 Å². The van der Waals surface area contributed by atoms with Gasteiger partial charge < -0.3 is 19.7 Å². The summed E-state index contributed by atoms with van der Waals surface area (Å²) in [6.07, 6.45) is 0. The van der Waals surface area contributed by atoms with Crippen LogP contribution in [0.4, 0.5) is 25.2 Å². The van der Waals surface area contributed by atoms with Crippen LogP contribution in [0, 0.1) is 0 Å². The molecule has 0 bridgehead atoms. The van der Waals surface area contributed by atoms with Crippen molar-refractivity contribution in [3.8, 4) is 11.5 Å². The fourth-order valence-corrected chi connectivity index (χ4v) is 6.23. The molecule has 0 saturated carbocycles. The van der Waals surface area contributed by atoms with Crippen molar-refractivity contribution in [1.29, 1.82) is 0 Å². The van der Waals surface area contributed by atoms with E-state index < -0.39 is 7.81 Å². The van der Waals surface area contributed by atoms with Crippen LogP contribution < -0.4 is 9.47 Å². The Balaban J connectivity index is 0.000000587. The van der Waals surface area contributed by atoms with Crippen molar-refractivity contribution in [3.05, 3.63) is 103 Å². The van der Waals surface area contributed by atoms with Crippen LogP contribution in [0.15, 0.2) is 128 Å². The normalized spacial score (nSPS) is 13.0. The molecule has 13 heteroatoms. The minimum Gasteiger partial charge on any atom is -0.491 e. The number of ether oxygens (including phenoxy) is 2. The fourth-order valence-electron chi connectivity index (χ4n) is 3.35. The van der Waals surface area contributed by atoms with Crippen LogP contribution in [-0.2, 0) is 10.9 Å². The maximum atomic E-state index is 9.87. The summed E-state index contributed by atoms with van der Waals surface area (Å²) in [5.41, 5.74) is 0. The predicted octanol–water partition coefficient (Wildman–Crippen LogP) is 9.06. The van der Waals surface area contributed by atoms with E-state index in [0.717, 1.165) is 11.5 Å². The van der Waals surface area contributed by atoms with Gasteiger partial charge in [0, 0.05) is 9.79 Å². The Morgan fingerprint density at radius 2 is 0.878 bits per heavy atom. The number of aliphatic hydroxyl groups is 2. The summed E-state index contributed by atoms with van der Waals surface area (Å²) in [6.45, 7) is 0.538. The summed E-state index contributed by atoms with van der Waals surface area (Å²) in [5.74, 6) is 1.48. The van der Waals surface area contributed by atoms with E-state index in [1.807, 2.05) is 30.3 Å². The van der Waals surface area contributed by atoms with Gasteiger partial charge in [-0.1, -0.05) is 30.0 Å². The first-order chi connectivity index (χ1) is 19.2. The number of rotatable bonds is 11. The predicted molar refractivity (Wildman–Crippen MR) is 151 cm³/mol. The monoisotopic (exact) mass is 636 g/mol. The van der Waals surface area contributed by atoms with Gasteiger partial charge in [-0.3, -0.25) is 0 Å². The third kappa shape index (κ3) is 13.1. The Kier molecular flexibility index (Phi) is 10.7. The van der Waals surface area contributed by atoms with E-state index in [-0.39, 0.29) is 37.3 Å². The van der Waals surface area contributed by atoms with E-state index in [4.69, 9.17) is 19.7 Å². The van der Waals surface area contributed by atoms with Crippen molar-refractivity contribution in [1.82, 2.24) is 0 Å². The van der Waals surface area contributed by atoms with Crippen molar-refractivity contribution in [2.75, 3.05) is 26.4 Å². The molecule has 0 radical (unpaired) electrons. The molecule has 41 heavy (non-hydrogen) atoms. The van der Waals surface area contributed by atoms with Crippen molar-refractivity contribution < 1.29 is 44.9 Å². The maximum absolute atomic E-state index is 10.7. The van der Waals surface area contributed by atoms with Gasteiger partial charge in [-0.05, 0) is 84.9 Å². The molecule has 222 valence electrons. The van der Waals surface area contributed by atoms with Crippen molar-refractivity contribution in [3.63, 3.8) is 0 Å². The van der Waals surface area contributed by atoms with E-state index >= 15 is 0 Å². The SMILES string of the molecule is F[P-](F)(F)(F)(F)F.OCCOc1ccc([S+](c2ccc(OCCO)cc2)c2ccc(Sc3ccccc3)cc2)cc1. The van der Waals surface area contributed by atoms with Gasteiger partial charge >= 0.3 is 33.0 Å².